The molecule has 0 atom stereocenters. The lowest BCUT2D eigenvalue weighted by molar-refractivity contribution is 0.596. The van der Waals surface area contributed by atoms with Crippen LogP contribution in [0.15, 0.2) is 23.2 Å². The highest BCUT2D eigenvalue weighted by Gasteiger charge is 2.08. The molecule has 0 aliphatic rings. The van der Waals surface area contributed by atoms with Crippen LogP contribution in [0.1, 0.15) is 18.2 Å². The van der Waals surface area contributed by atoms with Crippen LogP contribution >= 0.6 is 11.3 Å². The Kier molecular flexibility index (Phi) is 4.03. The van der Waals surface area contributed by atoms with E-state index in [0.29, 0.717) is 24.5 Å². The quantitative estimate of drug-likeness (QED) is 0.888. The second-order valence-electron chi connectivity index (χ2n) is 3.64. The highest BCUT2D eigenvalue weighted by Crippen LogP contribution is 2.13. The Bertz CT molecular complexity index is 471. The fraction of sp³-hybridized carbons (Fsp3) is 0.333. The average Bonchev–Trinajstić information content (AvgIpc) is 2.84. The summed E-state index contributed by atoms with van der Waals surface area (Å²) in [5, 5.41) is 7.13. The van der Waals surface area contributed by atoms with Crippen molar-refractivity contribution in [2.24, 2.45) is 0 Å². The van der Waals surface area contributed by atoms with E-state index in [1.165, 1.54) is 11.9 Å². The monoisotopic (exact) mass is 251 g/mol. The molecule has 2 rings (SSSR count). The van der Waals surface area contributed by atoms with Crippen molar-refractivity contribution in [3.63, 3.8) is 0 Å². The number of hydrogen-bond donors (Lipinski definition) is 1. The molecule has 3 nitrogen and oxygen atoms in total. The summed E-state index contributed by atoms with van der Waals surface area (Å²) < 4.78 is 13.8. The lowest BCUT2D eigenvalue weighted by Crippen LogP contribution is -2.09. The van der Waals surface area contributed by atoms with Gasteiger partial charge in [0, 0.05) is 6.54 Å². The summed E-state index contributed by atoms with van der Waals surface area (Å²) in [4.78, 5) is 7.80. The number of anilines is 1. The van der Waals surface area contributed by atoms with Crippen LogP contribution in [0.5, 0.6) is 0 Å². The standard InChI is InChI=1S/C12H14FN3S/c1-2-10-11(13)12(16-8-15-10)14-5-3-9-4-6-17-7-9/h4,6-8H,2-3,5H2,1H3,(H,14,15,16). The SMILES string of the molecule is CCc1ncnc(NCCc2ccsc2)c1F. The molecule has 0 spiro atoms. The molecule has 90 valence electrons. The van der Waals surface area contributed by atoms with Crippen LogP contribution in [0.4, 0.5) is 10.2 Å². The molecular formula is C12H14FN3S. The minimum absolute atomic E-state index is 0.298. The second-order valence-corrected chi connectivity index (χ2v) is 4.42. The van der Waals surface area contributed by atoms with E-state index in [4.69, 9.17) is 0 Å². The van der Waals surface area contributed by atoms with Crippen LogP contribution in [0, 0.1) is 5.82 Å². The van der Waals surface area contributed by atoms with Gasteiger partial charge in [0.1, 0.15) is 6.33 Å². The van der Waals surface area contributed by atoms with Gasteiger partial charge in [-0.15, -0.1) is 0 Å². The minimum Gasteiger partial charge on any atom is -0.367 e. The highest BCUT2D eigenvalue weighted by atomic mass is 32.1. The van der Waals surface area contributed by atoms with Gasteiger partial charge in [0.05, 0.1) is 5.69 Å². The van der Waals surface area contributed by atoms with Crippen molar-refractivity contribution in [1.29, 1.82) is 0 Å². The van der Waals surface area contributed by atoms with Gasteiger partial charge in [-0.3, -0.25) is 0 Å². The Labute approximate surface area is 104 Å². The number of aromatic nitrogens is 2. The Balaban J connectivity index is 1.95. The van der Waals surface area contributed by atoms with E-state index in [-0.39, 0.29) is 5.82 Å². The second kappa shape index (κ2) is 5.72. The number of hydrogen-bond acceptors (Lipinski definition) is 4. The van der Waals surface area contributed by atoms with Gasteiger partial charge < -0.3 is 5.32 Å². The van der Waals surface area contributed by atoms with Gasteiger partial charge in [0.25, 0.3) is 0 Å². The van der Waals surface area contributed by atoms with Crippen LogP contribution in [0.25, 0.3) is 0 Å². The van der Waals surface area contributed by atoms with Crippen molar-refractivity contribution >= 4 is 17.2 Å². The number of nitrogens with zero attached hydrogens (tertiary/aromatic N) is 2. The molecule has 1 N–H and O–H groups in total. The normalized spacial score (nSPS) is 10.5. The molecular weight excluding hydrogens is 237 g/mol. The number of rotatable bonds is 5. The Morgan fingerprint density at radius 3 is 3.00 bits per heavy atom. The van der Waals surface area contributed by atoms with E-state index in [2.05, 4.69) is 26.7 Å². The van der Waals surface area contributed by atoms with Gasteiger partial charge in [-0.2, -0.15) is 11.3 Å². The zero-order valence-corrected chi connectivity index (χ0v) is 10.4. The van der Waals surface area contributed by atoms with E-state index in [0.717, 1.165) is 6.42 Å². The first-order valence-corrected chi connectivity index (χ1v) is 6.50. The maximum atomic E-state index is 13.8. The fourth-order valence-corrected chi connectivity index (χ4v) is 2.24. The fourth-order valence-electron chi connectivity index (χ4n) is 1.54. The van der Waals surface area contributed by atoms with Gasteiger partial charge >= 0.3 is 0 Å². The molecule has 5 heteroatoms. The Morgan fingerprint density at radius 2 is 2.29 bits per heavy atom. The van der Waals surface area contributed by atoms with Crippen LogP contribution in [0.3, 0.4) is 0 Å². The molecule has 0 unspecified atom stereocenters. The maximum absolute atomic E-state index is 13.8. The van der Waals surface area contributed by atoms with Gasteiger partial charge in [-0.25, -0.2) is 14.4 Å². The zero-order valence-electron chi connectivity index (χ0n) is 9.61. The summed E-state index contributed by atoms with van der Waals surface area (Å²) >= 11 is 1.67. The predicted molar refractivity (Wildman–Crippen MR) is 67.9 cm³/mol. The Morgan fingerprint density at radius 1 is 1.41 bits per heavy atom. The number of halogens is 1. The first kappa shape index (κ1) is 12.0. The summed E-state index contributed by atoms with van der Waals surface area (Å²) in [6.07, 6.45) is 2.84. The molecule has 2 aromatic rings. The molecule has 0 aliphatic carbocycles. The van der Waals surface area contributed by atoms with Crippen molar-refractivity contribution in [2.75, 3.05) is 11.9 Å². The third-order valence-corrected chi connectivity index (χ3v) is 3.21. The third-order valence-electron chi connectivity index (χ3n) is 2.48. The molecule has 0 aromatic carbocycles. The van der Waals surface area contributed by atoms with Crippen molar-refractivity contribution in [2.45, 2.75) is 19.8 Å². The molecule has 17 heavy (non-hydrogen) atoms. The van der Waals surface area contributed by atoms with E-state index < -0.39 is 0 Å². The average molecular weight is 251 g/mol. The summed E-state index contributed by atoms with van der Waals surface area (Å²) in [5.41, 5.74) is 1.71. The van der Waals surface area contributed by atoms with E-state index >= 15 is 0 Å². The smallest absolute Gasteiger partial charge is 0.186 e. The molecule has 2 heterocycles. The van der Waals surface area contributed by atoms with Gasteiger partial charge in [0.2, 0.25) is 0 Å². The molecule has 0 amide bonds. The van der Waals surface area contributed by atoms with Gasteiger partial charge in [0.15, 0.2) is 11.6 Å². The van der Waals surface area contributed by atoms with Crippen LogP contribution in [-0.2, 0) is 12.8 Å². The maximum Gasteiger partial charge on any atom is 0.186 e. The number of thiophene rings is 1. The van der Waals surface area contributed by atoms with Crippen LogP contribution < -0.4 is 5.32 Å². The first-order chi connectivity index (χ1) is 8.31. The van der Waals surface area contributed by atoms with Crippen molar-refractivity contribution < 1.29 is 4.39 Å². The van der Waals surface area contributed by atoms with Crippen LogP contribution in [0.2, 0.25) is 0 Å². The van der Waals surface area contributed by atoms with Crippen molar-refractivity contribution in [3.05, 3.63) is 40.2 Å². The van der Waals surface area contributed by atoms with E-state index in [9.17, 15) is 4.39 Å². The zero-order chi connectivity index (χ0) is 12.1. The summed E-state index contributed by atoms with van der Waals surface area (Å²) in [6.45, 7) is 2.55. The molecule has 2 aromatic heterocycles. The predicted octanol–water partition coefficient (Wildman–Crippen LogP) is 2.89. The highest BCUT2D eigenvalue weighted by molar-refractivity contribution is 7.07. The largest absolute Gasteiger partial charge is 0.367 e. The van der Waals surface area contributed by atoms with E-state index in [1.54, 1.807) is 11.3 Å². The molecule has 0 bridgehead atoms. The van der Waals surface area contributed by atoms with Gasteiger partial charge in [-0.1, -0.05) is 6.92 Å². The topological polar surface area (TPSA) is 37.8 Å². The summed E-state index contributed by atoms with van der Waals surface area (Å²) in [6, 6.07) is 2.07. The molecule has 0 radical (unpaired) electrons. The molecule has 0 fully saturated rings. The molecule has 0 saturated heterocycles. The number of nitrogens with one attached hydrogen (secondary N) is 1. The van der Waals surface area contributed by atoms with Gasteiger partial charge in [-0.05, 0) is 35.2 Å². The van der Waals surface area contributed by atoms with Crippen molar-refractivity contribution in [3.8, 4) is 0 Å². The summed E-state index contributed by atoms with van der Waals surface area (Å²) in [5.74, 6) is -0.0348. The first-order valence-electron chi connectivity index (χ1n) is 5.55. The molecule has 0 saturated carbocycles. The summed E-state index contributed by atoms with van der Waals surface area (Å²) in [7, 11) is 0. The third kappa shape index (κ3) is 3.00. The van der Waals surface area contributed by atoms with Crippen LogP contribution in [-0.4, -0.2) is 16.5 Å². The lowest BCUT2D eigenvalue weighted by Gasteiger charge is -2.07. The minimum atomic E-state index is -0.333. The number of aryl methyl sites for hydroxylation is 1. The van der Waals surface area contributed by atoms with E-state index in [1.807, 2.05) is 12.3 Å². The molecule has 0 aliphatic heterocycles. The lowest BCUT2D eigenvalue weighted by atomic mass is 10.2. The Hall–Kier alpha value is -1.49. The van der Waals surface area contributed by atoms with Crippen molar-refractivity contribution in [1.82, 2.24) is 9.97 Å².